The number of nitro groups is 1. The fraction of sp³-hybridized carbons (Fsp3) is 0.364. The molecule has 0 bridgehead atoms. The van der Waals surface area contributed by atoms with Crippen molar-refractivity contribution in [2.75, 3.05) is 6.61 Å². The van der Waals surface area contributed by atoms with Gasteiger partial charge in [-0.2, -0.15) is 8.78 Å². The zero-order valence-electron chi connectivity index (χ0n) is 10.7. The molecular formula is C11H11BrF2N2O5. The zero-order valence-corrected chi connectivity index (χ0v) is 12.3. The van der Waals surface area contributed by atoms with Gasteiger partial charge in [-0.05, 0) is 13.0 Å². The Kier molecular flexibility index (Phi) is 5.18. The van der Waals surface area contributed by atoms with Crippen molar-refractivity contribution in [3.8, 4) is 5.75 Å². The first-order valence-corrected chi connectivity index (χ1v) is 6.39. The van der Waals surface area contributed by atoms with Gasteiger partial charge < -0.3 is 15.6 Å². The molecule has 1 aromatic rings. The maximum absolute atomic E-state index is 13.8. The number of nitrogens with zero attached hydrogens (tertiary/aromatic N) is 1. The van der Waals surface area contributed by atoms with Gasteiger partial charge in [-0.3, -0.25) is 10.1 Å². The van der Waals surface area contributed by atoms with Gasteiger partial charge >= 0.3 is 17.6 Å². The summed E-state index contributed by atoms with van der Waals surface area (Å²) in [7, 11) is 0. The van der Waals surface area contributed by atoms with E-state index < -0.39 is 39.9 Å². The van der Waals surface area contributed by atoms with E-state index in [0.29, 0.717) is 0 Å². The fourth-order valence-corrected chi connectivity index (χ4v) is 1.99. The minimum atomic E-state index is -4.15. The standard InChI is InChI=1S/C11H11BrF2N2O5/c1-2-21-10(18)11(13,14)9(15)6-3-5(12)4-7(8(6)17)16(19)20/h3-4,9,17H,2,15H2,1H3/t9-/m0/s1. The van der Waals surface area contributed by atoms with E-state index in [2.05, 4.69) is 20.7 Å². The Balaban J connectivity index is 3.33. The van der Waals surface area contributed by atoms with Crippen LogP contribution in [0.5, 0.6) is 5.75 Å². The number of ether oxygens (including phenoxy) is 1. The number of carbonyl (C=O) groups excluding carboxylic acids is 1. The second-order valence-corrected chi connectivity index (χ2v) is 4.86. The number of esters is 1. The summed E-state index contributed by atoms with van der Waals surface area (Å²) < 4.78 is 31.9. The molecule has 7 nitrogen and oxygen atoms in total. The third-order valence-corrected chi connectivity index (χ3v) is 3.01. The van der Waals surface area contributed by atoms with Crippen LogP contribution in [-0.2, 0) is 9.53 Å². The van der Waals surface area contributed by atoms with Gasteiger partial charge in [-0.1, -0.05) is 15.9 Å². The van der Waals surface area contributed by atoms with Crippen molar-refractivity contribution in [2.45, 2.75) is 18.9 Å². The molecule has 0 saturated carbocycles. The van der Waals surface area contributed by atoms with Crippen molar-refractivity contribution in [3.05, 3.63) is 32.3 Å². The topological polar surface area (TPSA) is 116 Å². The summed E-state index contributed by atoms with van der Waals surface area (Å²) in [4.78, 5) is 21.0. The van der Waals surface area contributed by atoms with Gasteiger partial charge in [-0.25, -0.2) is 4.79 Å². The van der Waals surface area contributed by atoms with Crippen molar-refractivity contribution in [3.63, 3.8) is 0 Å². The predicted molar refractivity (Wildman–Crippen MR) is 71.0 cm³/mol. The average Bonchev–Trinajstić information content (AvgIpc) is 2.40. The number of alkyl halides is 2. The molecular weight excluding hydrogens is 358 g/mol. The van der Waals surface area contributed by atoms with Crippen LogP contribution in [0, 0.1) is 10.1 Å². The lowest BCUT2D eigenvalue weighted by Gasteiger charge is -2.22. The molecule has 21 heavy (non-hydrogen) atoms. The molecule has 0 aliphatic carbocycles. The number of rotatable bonds is 5. The van der Waals surface area contributed by atoms with E-state index in [1.807, 2.05) is 0 Å². The molecule has 0 aromatic heterocycles. The van der Waals surface area contributed by atoms with E-state index >= 15 is 0 Å². The summed E-state index contributed by atoms with van der Waals surface area (Å²) in [5, 5.41) is 20.4. The second-order valence-electron chi connectivity index (χ2n) is 3.94. The molecule has 1 aromatic carbocycles. The highest BCUT2D eigenvalue weighted by molar-refractivity contribution is 9.10. The van der Waals surface area contributed by atoms with Crippen LogP contribution in [0.25, 0.3) is 0 Å². The van der Waals surface area contributed by atoms with Crippen LogP contribution in [0.1, 0.15) is 18.5 Å². The van der Waals surface area contributed by atoms with Gasteiger partial charge in [0, 0.05) is 16.1 Å². The van der Waals surface area contributed by atoms with Gasteiger partial charge in [0.15, 0.2) is 5.75 Å². The highest BCUT2D eigenvalue weighted by Gasteiger charge is 2.49. The van der Waals surface area contributed by atoms with E-state index in [4.69, 9.17) is 5.73 Å². The average molecular weight is 369 g/mol. The second kappa shape index (κ2) is 6.31. The number of halogens is 3. The third kappa shape index (κ3) is 3.45. The number of phenols is 1. The Bertz CT molecular complexity index is 582. The lowest BCUT2D eigenvalue weighted by atomic mass is 9.99. The van der Waals surface area contributed by atoms with Crippen molar-refractivity contribution >= 4 is 27.6 Å². The van der Waals surface area contributed by atoms with Crippen molar-refractivity contribution in [1.29, 1.82) is 0 Å². The maximum Gasteiger partial charge on any atom is 0.379 e. The van der Waals surface area contributed by atoms with Gasteiger partial charge in [0.1, 0.15) is 6.04 Å². The molecule has 3 N–H and O–H groups in total. The normalized spacial score (nSPS) is 12.8. The number of aromatic hydroxyl groups is 1. The molecule has 0 radical (unpaired) electrons. The summed E-state index contributed by atoms with van der Waals surface area (Å²) in [6.07, 6.45) is 0. The van der Waals surface area contributed by atoms with Gasteiger partial charge in [0.2, 0.25) is 0 Å². The predicted octanol–water partition coefficient (Wildman–Crippen LogP) is 2.26. The molecule has 0 amide bonds. The van der Waals surface area contributed by atoms with E-state index in [1.165, 1.54) is 6.92 Å². The summed E-state index contributed by atoms with van der Waals surface area (Å²) in [6.45, 7) is 1.05. The Morgan fingerprint density at radius 3 is 2.67 bits per heavy atom. The highest BCUT2D eigenvalue weighted by atomic mass is 79.9. The first kappa shape index (κ1) is 17.2. The largest absolute Gasteiger partial charge is 0.502 e. The number of hydrogen-bond acceptors (Lipinski definition) is 6. The molecule has 116 valence electrons. The Hall–Kier alpha value is -1.81. The number of benzene rings is 1. The van der Waals surface area contributed by atoms with Crippen molar-refractivity contribution in [2.24, 2.45) is 5.73 Å². The van der Waals surface area contributed by atoms with Gasteiger partial charge in [-0.15, -0.1) is 0 Å². The van der Waals surface area contributed by atoms with Crippen LogP contribution < -0.4 is 5.73 Å². The molecule has 0 fully saturated rings. The summed E-state index contributed by atoms with van der Waals surface area (Å²) in [5.41, 5.74) is 3.83. The summed E-state index contributed by atoms with van der Waals surface area (Å²) in [6, 6.07) is -0.401. The first-order valence-electron chi connectivity index (χ1n) is 5.60. The summed E-state index contributed by atoms with van der Waals surface area (Å²) >= 11 is 2.89. The van der Waals surface area contributed by atoms with Crippen molar-refractivity contribution < 1.29 is 28.3 Å². The zero-order chi connectivity index (χ0) is 16.4. The van der Waals surface area contributed by atoms with E-state index in [9.17, 15) is 28.8 Å². The Morgan fingerprint density at radius 2 is 2.19 bits per heavy atom. The first-order chi connectivity index (χ1) is 9.62. The molecule has 0 unspecified atom stereocenters. The minimum absolute atomic E-state index is 0.0529. The van der Waals surface area contributed by atoms with Crippen LogP contribution in [-0.4, -0.2) is 28.5 Å². The van der Waals surface area contributed by atoms with Crippen LogP contribution in [0.2, 0.25) is 0 Å². The van der Waals surface area contributed by atoms with E-state index in [-0.39, 0.29) is 11.1 Å². The Labute approximate surface area is 126 Å². The number of nitro benzene ring substituents is 1. The molecule has 0 aliphatic rings. The van der Waals surface area contributed by atoms with Crippen LogP contribution in [0.4, 0.5) is 14.5 Å². The van der Waals surface area contributed by atoms with E-state index in [1.54, 1.807) is 0 Å². The maximum atomic E-state index is 13.8. The smallest absolute Gasteiger partial charge is 0.379 e. The number of hydrogen-bond donors (Lipinski definition) is 2. The van der Waals surface area contributed by atoms with Crippen LogP contribution in [0.15, 0.2) is 16.6 Å². The molecule has 10 heteroatoms. The lowest BCUT2D eigenvalue weighted by Crippen LogP contribution is -2.41. The van der Waals surface area contributed by atoms with Gasteiger partial charge in [0.25, 0.3) is 0 Å². The molecule has 1 rings (SSSR count). The molecule has 1 atom stereocenters. The Morgan fingerprint density at radius 1 is 1.62 bits per heavy atom. The highest BCUT2D eigenvalue weighted by Crippen LogP contribution is 2.41. The molecule has 0 spiro atoms. The minimum Gasteiger partial charge on any atom is -0.502 e. The van der Waals surface area contributed by atoms with Crippen LogP contribution >= 0.6 is 15.9 Å². The summed E-state index contributed by atoms with van der Waals surface area (Å²) in [5.74, 6) is -7.05. The van der Waals surface area contributed by atoms with Crippen molar-refractivity contribution in [1.82, 2.24) is 0 Å². The quantitative estimate of drug-likeness (QED) is 0.467. The van der Waals surface area contributed by atoms with Crippen LogP contribution in [0.3, 0.4) is 0 Å². The molecule has 0 saturated heterocycles. The third-order valence-electron chi connectivity index (χ3n) is 2.55. The monoisotopic (exact) mass is 368 g/mol. The fourth-order valence-electron chi connectivity index (χ4n) is 1.53. The lowest BCUT2D eigenvalue weighted by molar-refractivity contribution is -0.386. The van der Waals surface area contributed by atoms with E-state index in [0.717, 1.165) is 12.1 Å². The SMILES string of the molecule is CCOC(=O)C(F)(F)[C@@H](N)c1cc(Br)cc([N+](=O)[O-])c1O. The number of nitrogens with two attached hydrogens (primary N) is 1. The molecule has 0 aliphatic heterocycles. The van der Waals surface area contributed by atoms with Gasteiger partial charge in [0.05, 0.1) is 11.5 Å². The number of carbonyl (C=O) groups is 1. The molecule has 0 heterocycles. The number of phenolic OH excluding ortho intramolecular Hbond substituents is 1.